The van der Waals surface area contributed by atoms with Gasteiger partial charge in [0.15, 0.2) is 5.79 Å². The summed E-state index contributed by atoms with van der Waals surface area (Å²) in [6.07, 6.45) is -0.118. The molecular weight excluding hydrogens is 278 g/mol. The number of aromatic nitrogens is 2. The molecule has 1 aromatic heterocycles. The highest BCUT2D eigenvalue weighted by atomic mass is 32.1. The van der Waals surface area contributed by atoms with Crippen molar-refractivity contribution in [3.05, 3.63) is 10.6 Å². The van der Waals surface area contributed by atoms with Gasteiger partial charge in [-0.25, -0.2) is 0 Å². The Morgan fingerprint density at radius 1 is 1.50 bits per heavy atom. The molecule has 112 valence electrons. The van der Waals surface area contributed by atoms with E-state index >= 15 is 0 Å². The number of hydrogen-bond donors (Lipinski definition) is 1. The number of amides is 1. The van der Waals surface area contributed by atoms with Gasteiger partial charge in [-0.1, -0.05) is 25.3 Å². The summed E-state index contributed by atoms with van der Waals surface area (Å²) in [6, 6.07) is 0. The minimum absolute atomic E-state index is 0.118. The normalized spacial score (nSPS) is 21.9. The summed E-state index contributed by atoms with van der Waals surface area (Å²) in [4.78, 5) is 12.8. The number of nitrogens with one attached hydrogen (secondary N) is 1. The fourth-order valence-electron chi connectivity index (χ4n) is 1.98. The summed E-state index contributed by atoms with van der Waals surface area (Å²) >= 11 is 1.12. The molecule has 7 heteroatoms. The zero-order valence-corrected chi connectivity index (χ0v) is 13.3. The molecule has 0 aromatic carbocycles. The van der Waals surface area contributed by atoms with Crippen molar-refractivity contribution in [2.75, 3.05) is 13.2 Å². The van der Waals surface area contributed by atoms with Crippen LogP contribution in [0.1, 0.15) is 50.0 Å². The second kappa shape index (κ2) is 5.38. The van der Waals surface area contributed by atoms with Crippen LogP contribution in [0.3, 0.4) is 0 Å². The fourth-order valence-corrected chi connectivity index (χ4v) is 2.77. The van der Waals surface area contributed by atoms with E-state index in [2.05, 4.69) is 14.9 Å². The molecule has 2 heterocycles. The summed E-state index contributed by atoms with van der Waals surface area (Å²) in [5.41, 5.74) is 0.526. The zero-order chi connectivity index (χ0) is 15.0. The molecule has 0 saturated carbocycles. The molecule has 6 nitrogen and oxygen atoms in total. The number of hydrogen-bond acceptors (Lipinski definition) is 6. The van der Waals surface area contributed by atoms with Gasteiger partial charge in [0, 0.05) is 12.0 Å². The Morgan fingerprint density at radius 2 is 2.20 bits per heavy atom. The van der Waals surface area contributed by atoms with Crippen LogP contribution in [0.15, 0.2) is 0 Å². The summed E-state index contributed by atoms with van der Waals surface area (Å²) < 4.78 is 15.0. The largest absolute Gasteiger partial charge is 0.349 e. The van der Waals surface area contributed by atoms with Crippen LogP contribution in [-0.4, -0.2) is 40.5 Å². The molecule has 1 atom stereocenters. The van der Waals surface area contributed by atoms with E-state index < -0.39 is 5.79 Å². The van der Waals surface area contributed by atoms with Gasteiger partial charge in [0.05, 0.1) is 12.3 Å². The number of nitrogens with zero attached hydrogens (tertiary/aromatic N) is 2. The summed E-state index contributed by atoms with van der Waals surface area (Å²) in [6.45, 7) is 10.7. The lowest BCUT2D eigenvalue weighted by molar-refractivity contribution is -0.137. The highest BCUT2D eigenvalue weighted by Gasteiger charge is 2.33. The van der Waals surface area contributed by atoms with Gasteiger partial charge in [0.2, 0.25) is 0 Å². The molecule has 0 bridgehead atoms. The van der Waals surface area contributed by atoms with Crippen molar-refractivity contribution in [2.24, 2.45) is 0 Å². The highest BCUT2D eigenvalue weighted by molar-refractivity contribution is 7.08. The predicted octanol–water partition coefficient (Wildman–Crippen LogP) is 1.72. The van der Waals surface area contributed by atoms with Crippen molar-refractivity contribution in [3.63, 3.8) is 0 Å². The van der Waals surface area contributed by atoms with E-state index in [1.54, 1.807) is 0 Å². The molecule has 2 rings (SSSR count). The van der Waals surface area contributed by atoms with Crippen molar-refractivity contribution in [1.29, 1.82) is 0 Å². The standard InChI is InChI=1S/C13H21N3O3S/c1-12(2,3)10-9(20-16-15-10)11(17)14-6-8-7-18-13(4,5)19-8/h8H,6-7H2,1-5H3,(H,14,17). The van der Waals surface area contributed by atoms with Gasteiger partial charge in [-0.05, 0) is 25.4 Å². The Labute approximate surface area is 123 Å². The van der Waals surface area contributed by atoms with Crippen LogP contribution in [0.4, 0.5) is 0 Å². The average molecular weight is 299 g/mol. The predicted molar refractivity (Wildman–Crippen MR) is 75.8 cm³/mol. The van der Waals surface area contributed by atoms with E-state index in [-0.39, 0.29) is 17.4 Å². The van der Waals surface area contributed by atoms with Crippen molar-refractivity contribution >= 4 is 17.4 Å². The van der Waals surface area contributed by atoms with Gasteiger partial charge in [-0.2, -0.15) is 0 Å². The molecule has 1 N–H and O–H groups in total. The van der Waals surface area contributed by atoms with Crippen molar-refractivity contribution in [3.8, 4) is 0 Å². The topological polar surface area (TPSA) is 73.3 Å². The lowest BCUT2D eigenvalue weighted by Gasteiger charge is -2.18. The van der Waals surface area contributed by atoms with E-state index in [0.29, 0.717) is 18.0 Å². The Bertz CT molecular complexity index is 493. The molecule has 1 aromatic rings. The third-order valence-electron chi connectivity index (χ3n) is 2.96. The molecule has 1 aliphatic rings. The Morgan fingerprint density at radius 3 is 2.75 bits per heavy atom. The molecule has 1 saturated heterocycles. The van der Waals surface area contributed by atoms with Crippen LogP contribution in [0, 0.1) is 0 Å². The van der Waals surface area contributed by atoms with Crippen molar-refractivity contribution < 1.29 is 14.3 Å². The van der Waals surface area contributed by atoms with Gasteiger partial charge in [-0.3, -0.25) is 4.79 Å². The fraction of sp³-hybridized carbons (Fsp3) is 0.769. The molecule has 0 radical (unpaired) electrons. The number of carbonyl (C=O) groups is 1. The van der Waals surface area contributed by atoms with Crippen molar-refractivity contribution in [2.45, 2.75) is 51.9 Å². The maximum Gasteiger partial charge on any atom is 0.265 e. The van der Waals surface area contributed by atoms with Gasteiger partial charge in [0.1, 0.15) is 11.0 Å². The first-order valence-corrected chi connectivity index (χ1v) is 7.39. The molecule has 0 spiro atoms. The van der Waals surface area contributed by atoms with E-state index in [9.17, 15) is 4.79 Å². The second-order valence-corrected chi connectivity index (χ2v) is 7.12. The third-order valence-corrected chi connectivity index (χ3v) is 3.69. The van der Waals surface area contributed by atoms with E-state index in [1.165, 1.54) is 0 Å². The molecule has 0 aliphatic carbocycles. The molecular formula is C13H21N3O3S. The van der Waals surface area contributed by atoms with Crippen LogP contribution >= 0.6 is 11.5 Å². The SMILES string of the molecule is CC1(C)OCC(CNC(=O)c2snnc2C(C)(C)C)O1. The lowest BCUT2D eigenvalue weighted by Crippen LogP contribution is -2.35. The minimum atomic E-state index is -0.571. The number of ether oxygens (including phenoxy) is 2. The first-order valence-electron chi connectivity index (χ1n) is 6.62. The third kappa shape index (κ3) is 3.53. The lowest BCUT2D eigenvalue weighted by atomic mass is 9.91. The van der Waals surface area contributed by atoms with Gasteiger partial charge in [0.25, 0.3) is 5.91 Å². The number of carbonyl (C=O) groups excluding carboxylic acids is 1. The summed E-state index contributed by atoms with van der Waals surface area (Å²) in [5.74, 6) is -0.726. The maximum atomic E-state index is 12.2. The first kappa shape index (κ1) is 15.3. The van der Waals surface area contributed by atoms with E-state index in [1.807, 2.05) is 34.6 Å². The quantitative estimate of drug-likeness (QED) is 0.920. The summed E-state index contributed by atoms with van der Waals surface area (Å²) in [5, 5.41) is 6.93. The van der Waals surface area contributed by atoms with E-state index in [4.69, 9.17) is 9.47 Å². The maximum absolute atomic E-state index is 12.2. The van der Waals surface area contributed by atoms with Gasteiger partial charge in [-0.15, -0.1) is 5.10 Å². The molecule has 1 amide bonds. The van der Waals surface area contributed by atoms with Crippen LogP contribution in [0.5, 0.6) is 0 Å². The smallest absolute Gasteiger partial charge is 0.265 e. The first-order chi connectivity index (χ1) is 9.19. The van der Waals surface area contributed by atoms with Crippen LogP contribution < -0.4 is 5.32 Å². The minimum Gasteiger partial charge on any atom is -0.349 e. The number of rotatable bonds is 3. The van der Waals surface area contributed by atoms with E-state index in [0.717, 1.165) is 17.2 Å². The highest BCUT2D eigenvalue weighted by Crippen LogP contribution is 2.26. The molecule has 1 fully saturated rings. The van der Waals surface area contributed by atoms with Crippen LogP contribution in [-0.2, 0) is 14.9 Å². The van der Waals surface area contributed by atoms with Crippen LogP contribution in [0.2, 0.25) is 0 Å². The Balaban J connectivity index is 1.95. The Kier molecular flexibility index (Phi) is 4.13. The summed E-state index contributed by atoms with van der Waals surface area (Å²) in [7, 11) is 0. The monoisotopic (exact) mass is 299 g/mol. The second-order valence-electron chi connectivity index (χ2n) is 6.36. The molecule has 1 aliphatic heterocycles. The van der Waals surface area contributed by atoms with Gasteiger partial charge >= 0.3 is 0 Å². The molecule has 20 heavy (non-hydrogen) atoms. The van der Waals surface area contributed by atoms with Gasteiger partial charge < -0.3 is 14.8 Å². The zero-order valence-electron chi connectivity index (χ0n) is 12.5. The Hall–Kier alpha value is -1.05. The molecule has 1 unspecified atom stereocenters. The average Bonchev–Trinajstić information content (AvgIpc) is 2.91. The van der Waals surface area contributed by atoms with Crippen molar-refractivity contribution in [1.82, 2.24) is 14.9 Å². The van der Waals surface area contributed by atoms with Crippen LogP contribution in [0.25, 0.3) is 0 Å².